The summed E-state index contributed by atoms with van der Waals surface area (Å²) in [5.74, 6) is -0.581. The van der Waals surface area contributed by atoms with Crippen molar-refractivity contribution in [3.8, 4) is 0 Å². The van der Waals surface area contributed by atoms with E-state index in [1.807, 2.05) is 13.8 Å². The summed E-state index contributed by atoms with van der Waals surface area (Å²) in [7, 11) is 0. The summed E-state index contributed by atoms with van der Waals surface area (Å²) >= 11 is 6.19. The van der Waals surface area contributed by atoms with Crippen LogP contribution < -0.4 is 5.32 Å². The number of nitrogens with zero attached hydrogens (tertiary/aromatic N) is 3. The van der Waals surface area contributed by atoms with Gasteiger partial charge in [-0.15, -0.1) is 0 Å². The van der Waals surface area contributed by atoms with Gasteiger partial charge in [0, 0.05) is 36.0 Å². The van der Waals surface area contributed by atoms with E-state index in [4.69, 9.17) is 16.3 Å². The van der Waals surface area contributed by atoms with E-state index in [9.17, 15) is 9.18 Å². The highest BCUT2D eigenvalue weighted by atomic mass is 35.5. The van der Waals surface area contributed by atoms with E-state index in [1.165, 1.54) is 18.3 Å². The Morgan fingerprint density at radius 3 is 2.97 bits per heavy atom. The van der Waals surface area contributed by atoms with Crippen LogP contribution in [-0.4, -0.2) is 39.8 Å². The van der Waals surface area contributed by atoms with Crippen molar-refractivity contribution in [3.63, 3.8) is 0 Å². The van der Waals surface area contributed by atoms with E-state index < -0.39 is 0 Å². The van der Waals surface area contributed by atoms with Crippen LogP contribution in [0.2, 0.25) is 5.02 Å². The number of aryl methyl sites for hydroxylation is 2. The van der Waals surface area contributed by atoms with Crippen LogP contribution in [0.3, 0.4) is 0 Å². The second-order valence-corrected chi connectivity index (χ2v) is 7.72. The van der Waals surface area contributed by atoms with Crippen LogP contribution in [-0.2, 0) is 11.2 Å². The fourth-order valence-electron chi connectivity index (χ4n) is 3.69. The maximum Gasteiger partial charge on any atom is 0.256 e. The number of carbonyl (C=O) groups excluding carboxylic acids is 1. The van der Waals surface area contributed by atoms with Gasteiger partial charge >= 0.3 is 0 Å². The minimum atomic E-state index is -0.369. The zero-order valence-corrected chi connectivity index (χ0v) is 17.1. The van der Waals surface area contributed by atoms with Crippen LogP contribution in [0.5, 0.6) is 0 Å². The lowest BCUT2D eigenvalue weighted by molar-refractivity contribution is 0.0859. The number of benzene rings is 1. The summed E-state index contributed by atoms with van der Waals surface area (Å²) in [4.78, 5) is 17.3. The predicted molar refractivity (Wildman–Crippen MR) is 108 cm³/mol. The quantitative estimate of drug-likeness (QED) is 0.689. The number of ether oxygens (including phenoxy) is 1. The van der Waals surface area contributed by atoms with Gasteiger partial charge in [-0.05, 0) is 49.9 Å². The van der Waals surface area contributed by atoms with Gasteiger partial charge < -0.3 is 10.1 Å². The molecule has 0 saturated carbocycles. The van der Waals surface area contributed by atoms with Gasteiger partial charge in [0.05, 0.1) is 12.3 Å². The van der Waals surface area contributed by atoms with Crippen molar-refractivity contribution < 1.29 is 13.9 Å². The predicted octanol–water partition coefficient (Wildman–Crippen LogP) is 3.64. The van der Waals surface area contributed by atoms with E-state index in [2.05, 4.69) is 15.4 Å². The Morgan fingerprint density at radius 1 is 1.41 bits per heavy atom. The summed E-state index contributed by atoms with van der Waals surface area (Å²) in [6.07, 6.45) is 4.09. The zero-order chi connectivity index (χ0) is 20.5. The molecule has 152 valence electrons. The number of halogens is 2. The highest BCUT2D eigenvalue weighted by Gasteiger charge is 2.21. The highest BCUT2D eigenvalue weighted by molar-refractivity contribution is 6.31. The van der Waals surface area contributed by atoms with E-state index >= 15 is 0 Å². The Morgan fingerprint density at radius 2 is 2.24 bits per heavy atom. The van der Waals surface area contributed by atoms with E-state index in [-0.39, 0.29) is 17.8 Å². The maximum atomic E-state index is 13.3. The Kier molecular flexibility index (Phi) is 5.52. The van der Waals surface area contributed by atoms with Crippen molar-refractivity contribution in [1.29, 1.82) is 0 Å². The molecule has 1 fully saturated rings. The molecule has 1 aliphatic heterocycles. The Bertz CT molecular complexity index is 1080. The van der Waals surface area contributed by atoms with Crippen LogP contribution in [0.1, 0.15) is 45.7 Å². The van der Waals surface area contributed by atoms with Crippen molar-refractivity contribution in [2.24, 2.45) is 0 Å². The average molecular weight is 417 g/mol. The summed E-state index contributed by atoms with van der Waals surface area (Å²) in [5, 5.41) is 7.66. The fraction of sp³-hybridized carbons (Fsp3) is 0.381. The molecule has 0 radical (unpaired) electrons. The van der Waals surface area contributed by atoms with Gasteiger partial charge in [-0.2, -0.15) is 5.10 Å². The first-order valence-corrected chi connectivity index (χ1v) is 9.99. The summed E-state index contributed by atoms with van der Waals surface area (Å²) in [6.45, 7) is 5.05. The van der Waals surface area contributed by atoms with Crippen LogP contribution in [0, 0.1) is 19.7 Å². The molecule has 3 aromatic rings. The lowest BCUT2D eigenvalue weighted by Crippen LogP contribution is -2.31. The van der Waals surface area contributed by atoms with Gasteiger partial charge in [-0.1, -0.05) is 17.7 Å². The molecule has 0 spiro atoms. The minimum Gasteiger partial charge on any atom is -0.376 e. The smallest absolute Gasteiger partial charge is 0.256 e. The highest BCUT2D eigenvalue weighted by Crippen LogP contribution is 2.25. The first-order chi connectivity index (χ1) is 13.9. The van der Waals surface area contributed by atoms with Gasteiger partial charge in [0.15, 0.2) is 5.65 Å². The molecule has 3 heterocycles. The third-order valence-corrected chi connectivity index (χ3v) is 5.70. The SMILES string of the molecule is Cc1nc2c(C(=O)NCC3CCCO3)cnn2c(C)c1Cc1ccc(F)cc1Cl. The normalized spacial score (nSPS) is 16.5. The van der Waals surface area contributed by atoms with Gasteiger partial charge in [0.25, 0.3) is 5.91 Å². The van der Waals surface area contributed by atoms with Gasteiger partial charge in [-0.25, -0.2) is 13.9 Å². The number of hydrogen-bond acceptors (Lipinski definition) is 4. The largest absolute Gasteiger partial charge is 0.376 e. The van der Waals surface area contributed by atoms with Crippen molar-refractivity contribution in [3.05, 3.63) is 63.3 Å². The van der Waals surface area contributed by atoms with E-state index in [1.54, 1.807) is 10.6 Å². The van der Waals surface area contributed by atoms with Gasteiger partial charge in [-0.3, -0.25) is 4.79 Å². The monoisotopic (exact) mass is 416 g/mol. The van der Waals surface area contributed by atoms with Crippen molar-refractivity contribution in [2.75, 3.05) is 13.2 Å². The molecular weight excluding hydrogens is 395 g/mol. The van der Waals surface area contributed by atoms with Crippen LogP contribution >= 0.6 is 11.6 Å². The van der Waals surface area contributed by atoms with Crippen molar-refractivity contribution in [1.82, 2.24) is 19.9 Å². The topological polar surface area (TPSA) is 68.5 Å². The second kappa shape index (κ2) is 8.08. The Hall–Kier alpha value is -2.51. The van der Waals surface area contributed by atoms with E-state index in [0.717, 1.165) is 42.0 Å². The molecule has 2 aromatic heterocycles. The van der Waals surface area contributed by atoms with Crippen LogP contribution in [0.25, 0.3) is 5.65 Å². The molecule has 1 atom stereocenters. The third kappa shape index (κ3) is 3.97. The van der Waals surface area contributed by atoms with Crippen LogP contribution in [0.4, 0.5) is 4.39 Å². The Labute approximate surface area is 173 Å². The lowest BCUT2D eigenvalue weighted by Gasteiger charge is -2.13. The lowest BCUT2D eigenvalue weighted by atomic mass is 10.0. The summed E-state index contributed by atoms with van der Waals surface area (Å²) in [6, 6.07) is 4.37. The maximum absolute atomic E-state index is 13.3. The van der Waals surface area contributed by atoms with E-state index in [0.29, 0.717) is 29.2 Å². The number of aromatic nitrogens is 3. The molecular formula is C21H22ClFN4O2. The number of nitrogens with one attached hydrogen (secondary N) is 1. The molecule has 0 aliphatic carbocycles. The number of hydrogen-bond donors (Lipinski definition) is 1. The molecule has 0 bridgehead atoms. The van der Waals surface area contributed by atoms with Crippen molar-refractivity contribution in [2.45, 2.75) is 39.2 Å². The number of amides is 1. The molecule has 8 heteroatoms. The van der Waals surface area contributed by atoms with Crippen molar-refractivity contribution >= 4 is 23.2 Å². The molecule has 1 saturated heterocycles. The molecule has 4 rings (SSSR count). The second-order valence-electron chi connectivity index (χ2n) is 7.31. The molecule has 6 nitrogen and oxygen atoms in total. The third-order valence-electron chi connectivity index (χ3n) is 5.35. The first kappa shape index (κ1) is 19.8. The number of carbonyl (C=O) groups is 1. The summed E-state index contributed by atoms with van der Waals surface area (Å²) in [5.41, 5.74) is 4.34. The molecule has 1 unspecified atom stereocenters. The molecule has 1 aromatic carbocycles. The van der Waals surface area contributed by atoms with Gasteiger partial charge in [0.1, 0.15) is 11.4 Å². The number of fused-ring (bicyclic) bond motifs is 1. The first-order valence-electron chi connectivity index (χ1n) is 9.61. The molecule has 29 heavy (non-hydrogen) atoms. The van der Waals surface area contributed by atoms with Gasteiger partial charge in [0.2, 0.25) is 0 Å². The fourth-order valence-corrected chi connectivity index (χ4v) is 3.92. The molecule has 1 N–H and O–H groups in total. The molecule has 1 amide bonds. The Balaban J connectivity index is 1.61. The average Bonchev–Trinajstić information content (AvgIpc) is 3.34. The van der Waals surface area contributed by atoms with Crippen LogP contribution in [0.15, 0.2) is 24.4 Å². The molecule has 1 aliphatic rings. The summed E-state index contributed by atoms with van der Waals surface area (Å²) < 4.78 is 20.6. The minimum absolute atomic E-state index is 0.0734. The number of rotatable bonds is 5. The standard InChI is InChI=1S/C21H22ClFN4O2/c1-12-17(8-14-5-6-15(23)9-19(14)22)13(2)27-20(26-12)18(11-25-27)21(28)24-10-16-4-3-7-29-16/h5-6,9,11,16H,3-4,7-8,10H2,1-2H3,(H,24,28). The zero-order valence-electron chi connectivity index (χ0n) is 16.3.